The summed E-state index contributed by atoms with van der Waals surface area (Å²) < 4.78 is 10.9. The van der Waals surface area contributed by atoms with Gasteiger partial charge < -0.3 is 19.9 Å². The third-order valence-corrected chi connectivity index (χ3v) is 3.77. The van der Waals surface area contributed by atoms with Crippen LogP contribution in [0.5, 0.6) is 11.5 Å². The zero-order valence-corrected chi connectivity index (χ0v) is 12.9. The molecule has 1 aliphatic rings. The number of aromatic carboxylic acids is 1. The van der Waals surface area contributed by atoms with Gasteiger partial charge in [0.25, 0.3) is 5.91 Å². The van der Waals surface area contributed by atoms with Gasteiger partial charge in [-0.25, -0.2) is 4.79 Å². The molecule has 0 spiro atoms. The van der Waals surface area contributed by atoms with Crippen LogP contribution in [-0.2, 0) is 4.79 Å². The van der Waals surface area contributed by atoms with Crippen LogP contribution < -0.4 is 14.8 Å². The number of hydrogen-bond donors (Lipinski definition) is 2. The number of nitrogens with one attached hydrogen (secondary N) is 1. The summed E-state index contributed by atoms with van der Waals surface area (Å²) in [6.45, 7) is 0.286. The van der Waals surface area contributed by atoms with Gasteiger partial charge in [0.1, 0.15) is 17.1 Å². The van der Waals surface area contributed by atoms with Crippen LogP contribution in [0.2, 0.25) is 0 Å². The molecule has 2 N–H and O–H groups in total. The van der Waals surface area contributed by atoms with Crippen LogP contribution in [0.4, 0.5) is 0 Å². The summed E-state index contributed by atoms with van der Waals surface area (Å²) in [6, 6.07) is 13.7. The number of para-hydroxylation sites is 2. The average molecular weight is 327 g/mol. The molecule has 1 aliphatic heterocycles. The zero-order chi connectivity index (χ0) is 16.9. The first-order valence-corrected chi connectivity index (χ1v) is 7.61. The molecule has 0 unspecified atom stereocenters. The number of ether oxygens (including phenoxy) is 2. The molecule has 3 rings (SSSR count). The van der Waals surface area contributed by atoms with Crippen molar-refractivity contribution in [2.45, 2.75) is 12.5 Å². The van der Waals surface area contributed by atoms with E-state index in [2.05, 4.69) is 5.32 Å². The maximum atomic E-state index is 12.2. The topological polar surface area (TPSA) is 84.9 Å². The Morgan fingerprint density at radius 1 is 1.17 bits per heavy atom. The molecule has 0 aliphatic carbocycles. The Labute approximate surface area is 139 Å². The van der Waals surface area contributed by atoms with Crippen LogP contribution in [0.3, 0.4) is 0 Å². The minimum atomic E-state index is -1.09. The Balaban J connectivity index is 1.62. The molecule has 1 amide bonds. The van der Waals surface area contributed by atoms with Gasteiger partial charge in [0.2, 0.25) is 0 Å². The number of benzene rings is 2. The van der Waals surface area contributed by atoms with Crippen LogP contribution in [0.15, 0.2) is 48.5 Å². The molecular weight excluding hydrogens is 310 g/mol. The van der Waals surface area contributed by atoms with Crippen molar-refractivity contribution in [3.05, 3.63) is 59.7 Å². The summed E-state index contributed by atoms with van der Waals surface area (Å²) in [5.74, 6) is -0.458. The van der Waals surface area contributed by atoms with E-state index in [9.17, 15) is 9.59 Å². The summed E-state index contributed by atoms with van der Waals surface area (Å²) in [4.78, 5) is 23.3. The highest BCUT2D eigenvalue weighted by atomic mass is 16.5. The highest BCUT2D eigenvalue weighted by molar-refractivity contribution is 5.91. The molecule has 0 saturated carbocycles. The third-order valence-electron chi connectivity index (χ3n) is 3.77. The zero-order valence-electron chi connectivity index (χ0n) is 12.9. The monoisotopic (exact) mass is 327 g/mol. The Morgan fingerprint density at radius 2 is 1.92 bits per heavy atom. The van der Waals surface area contributed by atoms with Crippen molar-refractivity contribution in [3.8, 4) is 11.5 Å². The number of hydrogen-bond acceptors (Lipinski definition) is 4. The standard InChI is InChI=1S/C18H17NO5/c20-17(11-24-16-8-4-2-6-13(16)18(21)22)19-14-9-10-23-15-7-3-1-5-12(14)15/h1-8,14H,9-11H2,(H,19,20)(H,21,22)/t14-/m0/s1. The molecule has 6 nitrogen and oxygen atoms in total. The first-order chi connectivity index (χ1) is 11.6. The molecule has 124 valence electrons. The number of amides is 1. The molecule has 0 radical (unpaired) electrons. The SMILES string of the molecule is O=C(COc1ccccc1C(=O)O)N[C@H]1CCOc2ccccc21. The number of rotatable bonds is 5. The van der Waals surface area contributed by atoms with E-state index >= 15 is 0 Å². The molecule has 6 heteroatoms. The highest BCUT2D eigenvalue weighted by Gasteiger charge is 2.23. The minimum Gasteiger partial charge on any atom is -0.493 e. The lowest BCUT2D eigenvalue weighted by Gasteiger charge is -2.26. The van der Waals surface area contributed by atoms with Crippen LogP contribution in [0, 0.1) is 0 Å². The summed E-state index contributed by atoms with van der Waals surface area (Å²) in [5, 5.41) is 12.0. The van der Waals surface area contributed by atoms with Gasteiger partial charge >= 0.3 is 5.97 Å². The predicted molar refractivity (Wildman–Crippen MR) is 86.3 cm³/mol. The van der Waals surface area contributed by atoms with Gasteiger partial charge in [-0.3, -0.25) is 4.79 Å². The van der Waals surface area contributed by atoms with Crippen molar-refractivity contribution in [2.75, 3.05) is 13.2 Å². The smallest absolute Gasteiger partial charge is 0.339 e. The average Bonchev–Trinajstić information content (AvgIpc) is 2.60. The molecule has 2 aromatic rings. The normalized spacial score (nSPS) is 15.8. The van der Waals surface area contributed by atoms with Gasteiger partial charge in [-0.15, -0.1) is 0 Å². The van der Waals surface area contributed by atoms with Crippen LogP contribution >= 0.6 is 0 Å². The van der Waals surface area contributed by atoms with E-state index in [-0.39, 0.29) is 29.9 Å². The maximum absolute atomic E-state index is 12.2. The van der Waals surface area contributed by atoms with E-state index < -0.39 is 5.97 Å². The van der Waals surface area contributed by atoms with Gasteiger partial charge in [-0.2, -0.15) is 0 Å². The second-order valence-corrected chi connectivity index (χ2v) is 5.39. The molecular formula is C18H17NO5. The quantitative estimate of drug-likeness (QED) is 0.881. The van der Waals surface area contributed by atoms with Crippen molar-refractivity contribution < 1.29 is 24.2 Å². The Bertz CT molecular complexity index is 759. The van der Waals surface area contributed by atoms with E-state index in [1.807, 2.05) is 24.3 Å². The Kier molecular flexibility index (Phi) is 4.65. The molecule has 0 saturated heterocycles. The van der Waals surface area contributed by atoms with Crippen molar-refractivity contribution >= 4 is 11.9 Å². The minimum absolute atomic E-state index is 0.0294. The van der Waals surface area contributed by atoms with E-state index in [0.29, 0.717) is 13.0 Å². The van der Waals surface area contributed by atoms with E-state index in [4.69, 9.17) is 14.6 Å². The van der Waals surface area contributed by atoms with E-state index in [1.165, 1.54) is 12.1 Å². The van der Waals surface area contributed by atoms with Crippen molar-refractivity contribution in [3.63, 3.8) is 0 Å². The van der Waals surface area contributed by atoms with Crippen LogP contribution in [-0.4, -0.2) is 30.2 Å². The maximum Gasteiger partial charge on any atom is 0.339 e. The highest BCUT2D eigenvalue weighted by Crippen LogP contribution is 2.31. The number of carbonyl (C=O) groups excluding carboxylic acids is 1. The van der Waals surface area contributed by atoms with Crippen LogP contribution in [0.1, 0.15) is 28.4 Å². The second kappa shape index (κ2) is 7.04. The van der Waals surface area contributed by atoms with Gasteiger partial charge in [-0.05, 0) is 18.2 Å². The van der Waals surface area contributed by atoms with Crippen molar-refractivity contribution in [1.82, 2.24) is 5.32 Å². The van der Waals surface area contributed by atoms with Gasteiger partial charge in [-0.1, -0.05) is 30.3 Å². The fourth-order valence-electron chi connectivity index (χ4n) is 2.64. The fourth-order valence-corrected chi connectivity index (χ4v) is 2.64. The lowest BCUT2D eigenvalue weighted by atomic mass is 10.0. The fraction of sp³-hybridized carbons (Fsp3) is 0.222. The number of carboxylic acids is 1. The van der Waals surface area contributed by atoms with Crippen LogP contribution in [0.25, 0.3) is 0 Å². The van der Waals surface area contributed by atoms with E-state index in [0.717, 1.165) is 11.3 Å². The lowest BCUT2D eigenvalue weighted by molar-refractivity contribution is -0.124. The molecule has 24 heavy (non-hydrogen) atoms. The summed E-state index contributed by atoms with van der Waals surface area (Å²) in [6.07, 6.45) is 0.675. The van der Waals surface area contributed by atoms with Crippen molar-refractivity contribution in [1.29, 1.82) is 0 Å². The molecule has 0 aromatic heterocycles. The van der Waals surface area contributed by atoms with E-state index in [1.54, 1.807) is 12.1 Å². The molecule has 1 atom stereocenters. The first-order valence-electron chi connectivity index (χ1n) is 7.61. The first kappa shape index (κ1) is 15.9. The van der Waals surface area contributed by atoms with Gasteiger partial charge in [0, 0.05) is 12.0 Å². The molecule has 1 heterocycles. The summed E-state index contributed by atoms with van der Waals surface area (Å²) >= 11 is 0. The van der Waals surface area contributed by atoms with Gasteiger partial charge in [0.15, 0.2) is 6.61 Å². The third kappa shape index (κ3) is 3.48. The molecule has 0 bridgehead atoms. The summed E-state index contributed by atoms with van der Waals surface area (Å²) in [7, 11) is 0. The molecule has 0 fully saturated rings. The summed E-state index contributed by atoms with van der Waals surface area (Å²) in [5.41, 5.74) is 0.963. The lowest BCUT2D eigenvalue weighted by Crippen LogP contribution is -2.35. The molecule has 2 aromatic carbocycles. The predicted octanol–water partition coefficient (Wildman–Crippen LogP) is 2.40. The largest absolute Gasteiger partial charge is 0.493 e. The number of fused-ring (bicyclic) bond motifs is 1. The Morgan fingerprint density at radius 3 is 2.75 bits per heavy atom. The van der Waals surface area contributed by atoms with Crippen molar-refractivity contribution in [2.24, 2.45) is 0 Å². The Hall–Kier alpha value is -3.02. The number of carbonyl (C=O) groups is 2. The second-order valence-electron chi connectivity index (χ2n) is 5.39. The number of carboxylic acid groups (broad SMARTS) is 1. The van der Waals surface area contributed by atoms with Gasteiger partial charge in [0.05, 0.1) is 12.6 Å².